The standard InChI is InChI=1S/C27H37N3O5/c1-33-22-11-9-21(10-12-22)28-13-14-29-27(32)25(15-19-7-5-4-6-8-19)30-26(31)20-16-23(34-2)18-24(17-20)35-3/h9-12,16-19,25,28H,4-8,13-15H2,1-3H3,(H,29,32)(H,30,31). The van der Waals surface area contributed by atoms with Crippen molar-refractivity contribution in [1.29, 1.82) is 0 Å². The van der Waals surface area contributed by atoms with Gasteiger partial charge in [-0.3, -0.25) is 9.59 Å². The molecule has 2 aromatic carbocycles. The molecule has 0 saturated heterocycles. The minimum absolute atomic E-state index is 0.171. The lowest BCUT2D eigenvalue weighted by Crippen LogP contribution is -2.48. The number of ether oxygens (including phenoxy) is 3. The zero-order chi connectivity index (χ0) is 25.0. The average molecular weight is 484 g/mol. The summed E-state index contributed by atoms with van der Waals surface area (Å²) in [5.74, 6) is 1.76. The van der Waals surface area contributed by atoms with E-state index in [4.69, 9.17) is 14.2 Å². The number of hydrogen-bond acceptors (Lipinski definition) is 6. The largest absolute Gasteiger partial charge is 0.497 e. The van der Waals surface area contributed by atoms with Gasteiger partial charge in [0.1, 0.15) is 23.3 Å². The molecule has 8 nitrogen and oxygen atoms in total. The number of nitrogens with one attached hydrogen (secondary N) is 3. The number of carbonyl (C=O) groups is 2. The summed E-state index contributed by atoms with van der Waals surface area (Å²) in [6, 6.07) is 12.0. The van der Waals surface area contributed by atoms with Crippen LogP contribution in [0.25, 0.3) is 0 Å². The highest BCUT2D eigenvalue weighted by molar-refractivity contribution is 5.98. The second-order valence-electron chi connectivity index (χ2n) is 8.81. The van der Waals surface area contributed by atoms with Crippen molar-refractivity contribution in [2.45, 2.75) is 44.6 Å². The molecule has 8 heteroatoms. The van der Waals surface area contributed by atoms with E-state index in [1.54, 1.807) is 25.3 Å². The van der Waals surface area contributed by atoms with Gasteiger partial charge in [0.15, 0.2) is 0 Å². The maximum absolute atomic E-state index is 13.1. The molecule has 1 unspecified atom stereocenters. The lowest BCUT2D eigenvalue weighted by atomic mass is 9.84. The molecule has 190 valence electrons. The molecule has 2 aromatic rings. The fourth-order valence-electron chi connectivity index (χ4n) is 4.39. The van der Waals surface area contributed by atoms with E-state index < -0.39 is 6.04 Å². The van der Waals surface area contributed by atoms with Crippen molar-refractivity contribution in [1.82, 2.24) is 10.6 Å². The summed E-state index contributed by atoms with van der Waals surface area (Å²) in [4.78, 5) is 26.2. The zero-order valence-electron chi connectivity index (χ0n) is 20.9. The van der Waals surface area contributed by atoms with E-state index in [2.05, 4.69) is 16.0 Å². The summed E-state index contributed by atoms with van der Waals surface area (Å²) in [7, 11) is 4.71. The second kappa shape index (κ2) is 13.5. The van der Waals surface area contributed by atoms with Crippen molar-refractivity contribution in [2.24, 2.45) is 5.92 Å². The Morgan fingerprint density at radius 2 is 1.49 bits per heavy atom. The highest BCUT2D eigenvalue weighted by Gasteiger charge is 2.26. The van der Waals surface area contributed by atoms with Crippen molar-refractivity contribution >= 4 is 17.5 Å². The van der Waals surface area contributed by atoms with E-state index in [-0.39, 0.29) is 11.8 Å². The molecule has 0 heterocycles. The quantitative estimate of drug-likeness (QED) is 0.395. The monoisotopic (exact) mass is 483 g/mol. The smallest absolute Gasteiger partial charge is 0.252 e. The Labute approximate surface area is 207 Å². The Balaban J connectivity index is 1.60. The van der Waals surface area contributed by atoms with Crippen LogP contribution in [0.15, 0.2) is 42.5 Å². The molecule has 0 radical (unpaired) electrons. The Morgan fingerprint density at radius 3 is 2.09 bits per heavy atom. The van der Waals surface area contributed by atoms with Crippen LogP contribution in [-0.4, -0.2) is 52.3 Å². The van der Waals surface area contributed by atoms with E-state index in [0.717, 1.165) is 24.3 Å². The van der Waals surface area contributed by atoms with Crippen LogP contribution >= 0.6 is 0 Å². The number of amides is 2. The predicted octanol–water partition coefficient (Wildman–Crippen LogP) is 4.01. The lowest BCUT2D eigenvalue weighted by molar-refractivity contribution is -0.123. The number of anilines is 1. The van der Waals surface area contributed by atoms with Gasteiger partial charge in [0.05, 0.1) is 21.3 Å². The Morgan fingerprint density at radius 1 is 0.857 bits per heavy atom. The fraction of sp³-hybridized carbons (Fsp3) is 0.481. The molecule has 35 heavy (non-hydrogen) atoms. The molecule has 1 fully saturated rings. The first-order valence-electron chi connectivity index (χ1n) is 12.2. The molecular weight excluding hydrogens is 446 g/mol. The van der Waals surface area contributed by atoms with Crippen LogP contribution in [-0.2, 0) is 4.79 Å². The summed E-state index contributed by atoms with van der Waals surface area (Å²) < 4.78 is 15.7. The topological polar surface area (TPSA) is 97.9 Å². The Kier molecular flexibility index (Phi) is 10.1. The number of methoxy groups -OCH3 is 3. The van der Waals surface area contributed by atoms with Crippen molar-refractivity contribution in [3.8, 4) is 17.2 Å². The average Bonchev–Trinajstić information content (AvgIpc) is 2.91. The number of hydrogen-bond donors (Lipinski definition) is 3. The van der Waals surface area contributed by atoms with Gasteiger partial charge in [-0.2, -0.15) is 0 Å². The van der Waals surface area contributed by atoms with Gasteiger partial charge >= 0.3 is 0 Å². The molecular formula is C27H37N3O5. The summed E-state index contributed by atoms with van der Waals surface area (Å²) in [6.45, 7) is 1.00. The normalized spacial score (nSPS) is 14.5. The molecule has 1 aliphatic rings. The third-order valence-corrected chi connectivity index (χ3v) is 6.37. The van der Waals surface area contributed by atoms with Crippen LogP contribution in [0.3, 0.4) is 0 Å². The third-order valence-electron chi connectivity index (χ3n) is 6.37. The second-order valence-corrected chi connectivity index (χ2v) is 8.81. The maximum Gasteiger partial charge on any atom is 0.252 e. The van der Waals surface area contributed by atoms with Gasteiger partial charge in [-0.1, -0.05) is 32.1 Å². The molecule has 2 amide bonds. The Bertz CT molecular complexity index is 936. The molecule has 3 N–H and O–H groups in total. The molecule has 1 atom stereocenters. The molecule has 1 aliphatic carbocycles. The summed E-state index contributed by atoms with van der Waals surface area (Å²) in [5, 5.41) is 9.21. The van der Waals surface area contributed by atoms with Gasteiger partial charge in [-0.25, -0.2) is 0 Å². The molecule has 3 rings (SSSR count). The molecule has 0 spiro atoms. The van der Waals surface area contributed by atoms with Crippen LogP contribution in [0.1, 0.15) is 48.9 Å². The first-order chi connectivity index (χ1) is 17.0. The summed E-state index contributed by atoms with van der Waals surface area (Å²) in [5.41, 5.74) is 1.34. The summed E-state index contributed by atoms with van der Waals surface area (Å²) in [6.07, 6.45) is 6.39. The molecule has 1 saturated carbocycles. The minimum Gasteiger partial charge on any atom is -0.497 e. The SMILES string of the molecule is COc1ccc(NCCNC(=O)C(CC2CCCCC2)NC(=O)c2cc(OC)cc(OC)c2)cc1. The fourth-order valence-corrected chi connectivity index (χ4v) is 4.39. The van der Waals surface area contributed by atoms with Crippen LogP contribution in [0, 0.1) is 5.92 Å². The van der Waals surface area contributed by atoms with Gasteiger partial charge in [0.25, 0.3) is 5.91 Å². The van der Waals surface area contributed by atoms with Crippen molar-refractivity contribution < 1.29 is 23.8 Å². The highest BCUT2D eigenvalue weighted by Crippen LogP contribution is 2.28. The van der Waals surface area contributed by atoms with Gasteiger partial charge in [0.2, 0.25) is 5.91 Å². The van der Waals surface area contributed by atoms with Gasteiger partial charge in [-0.05, 0) is 48.7 Å². The van der Waals surface area contributed by atoms with E-state index >= 15 is 0 Å². The van der Waals surface area contributed by atoms with Crippen LogP contribution in [0.2, 0.25) is 0 Å². The van der Waals surface area contributed by atoms with E-state index in [1.165, 1.54) is 33.5 Å². The third kappa shape index (κ3) is 8.09. The van der Waals surface area contributed by atoms with Crippen molar-refractivity contribution in [3.05, 3.63) is 48.0 Å². The number of rotatable bonds is 12. The van der Waals surface area contributed by atoms with E-state index in [9.17, 15) is 9.59 Å². The molecule has 0 bridgehead atoms. The van der Waals surface area contributed by atoms with Crippen LogP contribution in [0.4, 0.5) is 5.69 Å². The first kappa shape index (κ1) is 26.2. The number of carbonyl (C=O) groups excluding carboxylic acids is 2. The maximum atomic E-state index is 13.1. The van der Waals surface area contributed by atoms with Crippen molar-refractivity contribution in [2.75, 3.05) is 39.7 Å². The van der Waals surface area contributed by atoms with Crippen LogP contribution < -0.4 is 30.2 Å². The molecule has 0 aliphatic heterocycles. The van der Waals surface area contributed by atoms with Crippen LogP contribution in [0.5, 0.6) is 17.2 Å². The lowest BCUT2D eigenvalue weighted by Gasteiger charge is -2.27. The van der Waals surface area contributed by atoms with E-state index in [0.29, 0.717) is 42.5 Å². The highest BCUT2D eigenvalue weighted by atomic mass is 16.5. The Hall–Kier alpha value is -3.42. The van der Waals surface area contributed by atoms with Gasteiger partial charge in [-0.15, -0.1) is 0 Å². The van der Waals surface area contributed by atoms with Gasteiger partial charge in [0, 0.05) is 30.4 Å². The predicted molar refractivity (Wildman–Crippen MR) is 136 cm³/mol. The van der Waals surface area contributed by atoms with E-state index in [1.807, 2.05) is 24.3 Å². The summed E-state index contributed by atoms with van der Waals surface area (Å²) >= 11 is 0. The zero-order valence-corrected chi connectivity index (χ0v) is 20.9. The molecule has 0 aromatic heterocycles. The number of benzene rings is 2. The first-order valence-corrected chi connectivity index (χ1v) is 12.2. The minimum atomic E-state index is -0.608. The van der Waals surface area contributed by atoms with Crippen molar-refractivity contribution in [3.63, 3.8) is 0 Å². The van der Waals surface area contributed by atoms with Gasteiger partial charge < -0.3 is 30.2 Å².